The van der Waals surface area contributed by atoms with E-state index in [2.05, 4.69) is 25.2 Å². The average Bonchev–Trinajstić information content (AvgIpc) is 3.43. The number of urea groups is 2. The molecule has 3 heterocycles. The molecule has 2 aromatic heterocycles. The van der Waals surface area contributed by atoms with Gasteiger partial charge in [0.25, 0.3) is 5.91 Å². The van der Waals surface area contributed by atoms with Gasteiger partial charge in [-0.05, 0) is 56.6 Å². The van der Waals surface area contributed by atoms with E-state index in [0.29, 0.717) is 6.54 Å². The van der Waals surface area contributed by atoms with Crippen LogP contribution in [0.1, 0.15) is 106 Å². The molecule has 0 radical (unpaired) electrons. The van der Waals surface area contributed by atoms with Crippen molar-refractivity contribution in [2.45, 2.75) is 102 Å². The lowest BCUT2D eigenvalue weighted by atomic mass is 9.93. The fourth-order valence-corrected chi connectivity index (χ4v) is 6.60. The molecule has 2 N–H and O–H groups in total. The Kier molecular flexibility index (Phi) is 8.83. The van der Waals surface area contributed by atoms with Gasteiger partial charge in [0, 0.05) is 42.6 Å². The summed E-state index contributed by atoms with van der Waals surface area (Å²) >= 11 is 0.967. The summed E-state index contributed by atoms with van der Waals surface area (Å²) in [4.78, 5) is 48.1. The van der Waals surface area contributed by atoms with Crippen molar-refractivity contribution in [3.8, 4) is 0 Å². The van der Waals surface area contributed by atoms with E-state index in [1.54, 1.807) is 17.3 Å². The summed E-state index contributed by atoms with van der Waals surface area (Å²) in [7, 11) is 0. The minimum atomic E-state index is -0.489. The molecule has 1 atom stereocenters. The van der Waals surface area contributed by atoms with E-state index in [9.17, 15) is 14.4 Å². The molecule has 5 rings (SSSR count). The van der Waals surface area contributed by atoms with Gasteiger partial charge in [-0.25, -0.2) is 9.59 Å². The molecule has 38 heavy (non-hydrogen) atoms. The summed E-state index contributed by atoms with van der Waals surface area (Å²) in [6.07, 6.45) is 16.2. The second-order valence-electron chi connectivity index (χ2n) is 10.6. The SMILES string of the molecule is O=C(NC1CCCCC1)N(C(=O)c1nnsc1NC(=O)N1CCCC[C@@H]1c1cccnc1)C1CCCCC1. The van der Waals surface area contributed by atoms with Crippen LogP contribution >= 0.6 is 11.5 Å². The highest BCUT2D eigenvalue weighted by Gasteiger charge is 2.36. The van der Waals surface area contributed by atoms with E-state index in [0.717, 1.165) is 94.1 Å². The Morgan fingerprint density at radius 2 is 1.68 bits per heavy atom. The molecule has 2 aromatic rings. The van der Waals surface area contributed by atoms with Crippen LogP contribution in [0.5, 0.6) is 0 Å². The Labute approximate surface area is 227 Å². The predicted octanol–water partition coefficient (Wildman–Crippen LogP) is 5.51. The van der Waals surface area contributed by atoms with Crippen LogP contribution in [0.3, 0.4) is 0 Å². The van der Waals surface area contributed by atoms with Crippen LogP contribution in [-0.2, 0) is 0 Å². The van der Waals surface area contributed by atoms with Gasteiger partial charge in [0.05, 0.1) is 6.04 Å². The number of aromatic nitrogens is 3. The number of hydrogen-bond acceptors (Lipinski definition) is 7. The molecule has 0 aromatic carbocycles. The number of amides is 5. The molecule has 0 unspecified atom stereocenters. The summed E-state index contributed by atoms with van der Waals surface area (Å²) < 4.78 is 3.99. The number of carbonyl (C=O) groups excluding carboxylic acids is 3. The van der Waals surface area contributed by atoms with E-state index in [1.807, 2.05) is 12.1 Å². The van der Waals surface area contributed by atoms with Crippen molar-refractivity contribution in [3.63, 3.8) is 0 Å². The first-order valence-corrected chi connectivity index (χ1v) is 14.8. The molecule has 1 aliphatic heterocycles. The van der Waals surface area contributed by atoms with Crippen molar-refractivity contribution in [1.82, 2.24) is 29.7 Å². The van der Waals surface area contributed by atoms with E-state index in [-0.39, 0.29) is 40.9 Å². The summed E-state index contributed by atoms with van der Waals surface area (Å²) in [6.45, 7) is 0.610. The first-order valence-electron chi connectivity index (χ1n) is 14.1. The van der Waals surface area contributed by atoms with Crippen LogP contribution in [-0.4, -0.2) is 61.0 Å². The van der Waals surface area contributed by atoms with Gasteiger partial charge >= 0.3 is 12.1 Å². The molecule has 2 saturated carbocycles. The maximum atomic E-state index is 13.8. The first kappa shape index (κ1) is 26.5. The Morgan fingerprint density at radius 3 is 2.42 bits per heavy atom. The second-order valence-corrected chi connectivity index (χ2v) is 11.4. The molecule has 3 fully saturated rings. The molecule has 204 valence electrons. The number of hydrogen-bond donors (Lipinski definition) is 2. The highest BCUT2D eigenvalue weighted by Crippen LogP contribution is 2.32. The van der Waals surface area contributed by atoms with Gasteiger partial charge < -0.3 is 10.2 Å². The fourth-order valence-electron chi connectivity index (χ4n) is 6.04. The minimum Gasteiger partial charge on any atom is -0.335 e. The van der Waals surface area contributed by atoms with Gasteiger partial charge in [-0.3, -0.25) is 20.0 Å². The van der Waals surface area contributed by atoms with Gasteiger partial charge in [0.2, 0.25) is 0 Å². The van der Waals surface area contributed by atoms with Gasteiger partial charge in [0.15, 0.2) is 10.7 Å². The minimum absolute atomic E-state index is 0.0302. The molecule has 11 heteroatoms. The monoisotopic (exact) mass is 539 g/mol. The van der Waals surface area contributed by atoms with Crippen LogP contribution in [0.15, 0.2) is 24.5 Å². The Hall–Kier alpha value is -3.08. The zero-order chi connectivity index (χ0) is 26.3. The Bertz CT molecular complexity index is 1100. The van der Waals surface area contributed by atoms with E-state index < -0.39 is 5.91 Å². The highest BCUT2D eigenvalue weighted by atomic mass is 32.1. The quantitative estimate of drug-likeness (QED) is 0.517. The first-order chi connectivity index (χ1) is 18.6. The van der Waals surface area contributed by atoms with Crippen LogP contribution in [0.2, 0.25) is 0 Å². The van der Waals surface area contributed by atoms with Crippen molar-refractivity contribution < 1.29 is 14.4 Å². The molecule has 10 nitrogen and oxygen atoms in total. The number of nitrogens with zero attached hydrogens (tertiary/aromatic N) is 5. The van der Waals surface area contributed by atoms with E-state index in [4.69, 9.17) is 0 Å². The third-order valence-corrected chi connectivity index (χ3v) is 8.70. The zero-order valence-electron chi connectivity index (χ0n) is 21.8. The average molecular weight is 540 g/mol. The lowest BCUT2D eigenvalue weighted by molar-refractivity contribution is 0.0697. The van der Waals surface area contributed by atoms with Crippen molar-refractivity contribution in [2.75, 3.05) is 11.9 Å². The number of carbonyl (C=O) groups is 3. The summed E-state index contributed by atoms with van der Waals surface area (Å²) in [6, 6.07) is 3.04. The third-order valence-electron chi connectivity index (χ3n) is 8.05. The molecule has 5 amide bonds. The molecule has 2 aliphatic carbocycles. The number of imide groups is 1. The normalized spacial score (nSPS) is 21.1. The van der Waals surface area contributed by atoms with Gasteiger partial charge in [0.1, 0.15) is 0 Å². The lowest BCUT2D eigenvalue weighted by Gasteiger charge is -2.36. The molecule has 0 spiro atoms. The topological polar surface area (TPSA) is 120 Å². The number of anilines is 1. The fraction of sp³-hybridized carbons (Fsp3) is 0.630. The standard InChI is InChI=1S/C27H37N7O3S/c35-25(34(21-13-5-2-6-14-21)27(37)29-20-11-3-1-4-12-20)23-24(38-32-31-23)30-26(36)33-17-8-7-15-22(33)19-10-9-16-28-18-19/h9-10,16,18,20-22H,1-8,11-15,17H2,(H,29,37)(H,30,36)/t22-/m1/s1. The Morgan fingerprint density at radius 1 is 0.947 bits per heavy atom. The van der Waals surface area contributed by atoms with Crippen LogP contribution in [0, 0.1) is 0 Å². The van der Waals surface area contributed by atoms with Crippen molar-refractivity contribution in [1.29, 1.82) is 0 Å². The molecular weight excluding hydrogens is 502 g/mol. The summed E-state index contributed by atoms with van der Waals surface area (Å²) in [5.41, 5.74) is 1.02. The Balaban J connectivity index is 1.33. The van der Waals surface area contributed by atoms with E-state index >= 15 is 0 Å². The van der Waals surface area contributed by atoms with Crippen LogP contribution < -0.4 is 10.6 Å². The maximum Gasteiger partial charge on any atom is 0.324 e. The van der Waals surface area contributed by atoms with E-state index in [1.165, 1.54) is 11.3 Å². The van der Waals surface area contributed by atoms with Crippen LogP contribution in [0.4, 0.5) is 14.6 Å². The smallest absolute Gasteiger partial charge is 0.324 e. The van der Waals surface area contributed by atoms with Gasteiger partial charge in [-0.2, -0.15) is 0 Å². The van der Waals surface area contributed by atoms with Gasteiger partial charge in [-0.1, -0.05) is 49.1 Å². The third kappa shape index (κ3) is 6.14. The maximum absolute atomic E-state index is 13.8. The van der Waals surface area contributed by atoms with Crippen molar-refractivity contribution >= 4 is 34.5 Å². The lowest BCUT2D eigenvalue weighted by Crippen LogP contribution is -2.53. The number of piperidine rings is 1. The summed E-state index contributed by atoms with van der Waals surface area (Å²) in [5.74, 6) is -0.489. The largest absolute Gasteiger partial charge is 0.335 e. The number of nitrogens with one attached hydrogen (secondary N) is 2. The molecule has 3 aliphatic rings. The van der Waals surface area contributed by atoms with Crippen molar-refractivity contribution in [2.24, 2.45) is 0 Å². The predicted molar refractivity (Wildman–Crippen MR) is 145 cm³/mol. The summed E-state index contributed by atoms with van der Waals surface area (Å²) in [5, 5.41) is 10.4. The number of rotatable bonds is 5. The molecule has 1 saturated heterocycles. The highest BCUT2D eigenvalue weighted by molar-refractivity contribution is 7.10. The number of likely N-dealkylation sites (tertiary alicyclic amines) is 1. The number of pyridine rings is 1. The second kappa shape index (κ2) is 12.6. The zero-order valence-corrected chi connectivity index (χ0v) is 22.6. The van der Waals surface area contributed by atoms with Crippen molar-refractivity contribution in [3.05, 3.63) is 35.8 Å². The molecule has 0 bridgehead atoms. The van der Waals surface area contributed by atoms with Crippen LogP contribution in [0.25, 0.3) is 0 Å². The molecular formula is C27H37N7O3S. The van der Waals surface area contributed by atoms with Gasteiger partial charge in [-0.15, -0.1) is 5.10 Å².